The Morgan fingerprint density at radius 1 is 1.27 bits per heavy atom. The molecule has 1 aromatic carbocycles. The van der Waals surface area contributed by atoms with Crippen LogP contribution < -0.4 is 0 Å². The molecule has 5 nitrogen and oxygen atoms in total. The smallest absolute Gasteiger partial charge is 0.433 e. The highest BCUT2D eigenvalue weighted by Gasteiger charge is 2.12. The summed E-state index contributed by atoms with van der Waals surface area (Å²) in [4.78, 5) is 9.77. The molecule has 0 saturated carbocycles. The van der Waals surface area contributed by atoms with E-state index in [0.29, 0.717) is 11.3 Å². The molecule has 0 aliphatic carbocycles. The van der Waals surface area contributed by atoms with Crippen molar-refractivity contribution in [2.45, 2.75) is 0 Å². The summed E-state index contributed by atoms with van der Waals surface area (Å²) >= 11 is 0. The van der Waals surface area contributed by atoms with Crippen molar-refractivity contribution in [2.24, 2.45) is 0 Å². The average molecular weight is 205 g/mol. The van der Waals surface area contributed by atoms with E-state index in [1.165, 1.54) is 24.3 Å². The van der Waals surface area contributed by atoms with Gasteiger partial charge in [-0.05, 0) is 18.2 Å². The molecule has 0 spiro atoms. The topological polar surface area (TPSA) is 76.5 Å². The van der Waals surface area contributed by atoms with Gasteiger partial charge in [0.2, 0.25) is 0 Å². The van der Waals surface area contributed by atoms with Crippen LogP contribution in [0.2, 0.25) is 0 Å². The third-order valence-corrected chi connectivity index (χ3v) is 1.90. The minimum absolute atomic E-state index is 0.0894. The highest BCUT2D eigenvalue weighted by molar-refractivity contribution is 5.60. The molecule has 15 heavy (non-hydrogen) atoms. The van der Waals surface area contributed by atoms with Gasteiger partial charge in [-0.2, -0.15) is 0 Å². The summed E-state index contributed by atoms with van der Waals surface area (Å²) in [6, 6.07) is 9.09. The second-order valence-corrected chi connectivity index (χ2v) is 2.95. The molecule has 0 aliphatic heterocycles. The van der Waals surface area contributed by atoms with Gasteiger partial charge in [0, 0.05) is 5.56 Å². The summed E-state index contributed by atoms with van der Waals surface area (Å²) in [5.74, 6) is 0.137. The first-order chi connectivity index (χ1) is 7.16. The molecule has 0 amide bonds. The van der Waals surface area contributed by atoms with Crippen molar-refractivity contribution in [3.8, 4) is 17.1 Å². The van der Waals surface area contributed by atoms with Crippen molar-refractivity contribution in [3.63, 3.8) is 0 Å². The van der Waals surface area contributed by atoms with Crippen molar-refractivity contribution in [3.05, 3.63) is 46.5 Å². The van der Waals surface area contributed by atoms with Gasteiger partial charge in [0.05, 0.1) is 6.07 Å². The first-order valence-electron chi connectivity index (χ1n) is 4.20. The van der Waals surface area contributed by atoms with Gasteiger partial charge in [-0.1, -0.05) is 12.1 Å². The highest BCUT2D eigenvalue weighted by Crippen LogP contribution is 2.27. The normalized spacial score (nSPS) is 10.1. The Bertz CT molecular complexity index is 504. The van der Waals surface area contributed by atoms with Gasteiger partial charge < -0.3 is 9.52 Å². The summed E-state index contributed by atoms with van der Waals surface area (Å²) in [5, 5.41) is 19.6. The second-order valence-electron chi connectivity index (χ2n) is 2.95. The molecule has 2 aromatic rings. The molecule has 1 heterocycles. The molecule has 2 rings (SSSR count). The minimum atomic E-state index is -0.605. The Kier molecular flexibility index (Phi) is 2.13. The van der Waals surface area contributed by atoms with Gasteiger partial charge in [0.25, 0.3) is 0 Å². The molecule has 0 saturated heterocycles. The summed E-state index contributed by atoms with van der Waals surface area (Å²) in [6.45, 7) is 0. The molecule has 0 fully saturated rings. The maximum absolute atomic E-state index is 10.4. The summed E-state index contributed by atoms with van der Waals surface area (Å²) in [6.07, 6.45) is 0. The lowest BCUT2D eigenvalue weighted by Crippen LogP contribution is -1.82. The van der Waals surface area contributed by atoms with Crippen LogP contribution in [0.15, 0.2) is 40.8 Å². The molecule has 0 atom stereocenters. The second kappa shape index (κ2) is 3.45. The molecule has 76 valence electrons. The van der Waals surface area contributed by atoms with Crippen LogP contribution in [-0.2, 0) is 0 Å². The van der Waals surface area contributed by atoms with Crippen molar-refractivity contribution >= 4 is 5.88 Å². The molecule has 0 unspecified atom stereocenters. The summed E-state index contributed by atoms with van der Waals surface area (Å²) in [7, 11) is 0. The van der Waals surface area contributed by atoms with Gasteiger partial charge in [0.1, 0.15) is 16.4 Å². The van der Waals surface area contributed by atoms with Gasteiger partial charge >= 0.3 is 5.88 Å². The lowest BCUT2D eigenvalue weighted by atomic mass is 10.2. The maximum Gasteiger partial charge on any atom is 0.433 e. The van der Waals surface area contributed by atoms with E-state index in [1.54, 1.807) is 12.1 Å². The summed E-state index contributed by atoms with van der Waals surface area (Å²) < 4.78 is 4.98. The third kappa shape index (κ3) is 1.80. The van der Waals surface area contributed by atoms with Crippen molar-refractivity contribution in [1.29, 1.82) is 0 Å². The molecular formula is C10H7NO4. The number of phenolic OH excluding ortho intramolecular Hbond substituents is 1. The molecule has 0 aliphatic rings. The Labute approximate surface area is 84.7 Å². The first-order valence-corrected chi connectivity index (χ1v) is 4.20. The molecule has 1 aromatic heterocycles. The fraction of sp³-hybridized carbons (Fsp3) is 0. The fourth-order valence-corrected chi connectivity index (χ4v) is 1.24. The van der Waals surface area contributed by atoms with E-state index in [4.69, 9.17) is 4.42 Å². The van der Waals surface area contributed by atoms with E-state index in [2.05, 4.69) is 0 Å². The number of nitrogens with zero attached hydrogens (tertiary/aromatic N) is 1. The number of aromatic hydroxyl groups is 1. The number of nitro groups is 1. The van der Waals surface area contributed by atoms with Crippen LogP contribution in [-0.4, -0.2) is 10.0 Å². The number of hydrogen-bond donors (Lipinski definition) is 1. The number of phenols is 1. The van der Waals surface area contributed by atoms with E-state index >= 15 is 0 Å². The zero-order valence-electron chi connectivity index (χ0n) is 7.58. The van der Waals surface area contributed by atoms with Crippen LogP contribution in [0.1, 0.15) is 0 Å². The van der Waals surface area contributed by atoms with E-state index in [9.17, 15) is 15.2 Å². The van der Waals surface area contributed by atoms with Gasteiger partial charge in [0.15, 0.2) is 0 Å². The van der Waals surface area contributed by atoms with Gasteiger partial charge in [-0.15, -0.1) is 0 Å². The van der Waals surface area contributed by atoms with Crippen LogP contribution >= 0.6 is 0 Å². The number of rotatable bonds is 2. The predicted molar refractivity (Wildman–Crippen MR) is 52.5 cm³/mol. The molecule has 1 N–H and O–H groups in total. The van der Waals surface area contributed by atoms with E-state index in [0.717, 1.165) is 0 Å². The average Bonchev–Trinajstić information content (AvgIpc) is 2.66. The largest absolute Gasteiger partial charge is 0.508 e. The van der Waals surface area contributed by atoms with Crippen molar-refractivity contribution in [2.75, 3.05) is 0 Å². The Hall–Kier alpha value is -2.30. The monoisotopic (exact) mass is 205 g/mol. The molecule has 5 heteroatoms. The van der Waals surface area contributed by atoms with Crippen molar-refractivity contribution < 1.29 is 14.4 Å². The van der Waals surface area contributed by atoms with Gasteiger partial charge in [-0.3, -0.25) is 10.1 Å². The summed E-state index contributed by atoms with van der Waals surface area (Å²) in [5.41, 5.74) is 0.600. The number of hydrogen-bond acceptors (Lipinski definition) is 4. The van der Waals surface area contributed by atoms with Crippen molar-refractivity contribution in [1.82, 2.24) is 0 Å². The first kappa shape index (κ1) is 9.26. The standard InChI is InChI=1S/C10H7NO4/c12-8-3-1-2-7(6-8)9-4-5-10(15-9)11(13)14/h1-6,12H. The Morgan fingerprint density at radius 2 is 2.07 bits per heavy atom. The van der Waals surface area contributed by atoms with Crippen LogP contribution in [0.25, 0.3) is 11.3 Å². The lowest BCUT2D eigenvalue weighted by molar-refractivity contribution is -0.401. The maximum atomic E-state index is 10.4. The Morgan fingerprint density at radius 3 is 2.67 bits per heavy atom. The molecular weight excluding hydrogens is 198 g/mol. The van der Waals surface area contributed by atoms with E-state index in [-0.39, 0.29) is 11.6 Å². The zero-order valence-corrected chi connectivity index (χ0v) is 7.58. The van der Waals surface area contributed by atoms with Gasteiger partial charge in [-0.25, -0.2) is 0 Å². The third-order valence-electron chi connectivity index (χ3n) is 1.90. The van der Waals surface area contributed by atoms with Crippen LogP contribution in [0.4, 0.5) is 5.88 Å². The van der Waals surface area contributed by atoms with E-state index in [1.807, 2.05) is 0 Å². The zero-order chi connectivity index (χ0) is 10.8. The fourth-order valence-electron chi connectivity index (χ4n) is 1.24. The predicted octanol–water partition coefficient (Wildman–Crippen LogP) is 2.56. The quantitative estimate of drug-likeness (QED) is 0.603. The number of benzene rings is 1. The minimum Gasteiger partial charge on any atom is -0.508 e. The van der Waals surface area contributed by atoms with Crippen LogP contribution in [0, 0.1) is 10.1 Å². The van der Waals surface area contributed by atoms with Crippen LogP contribution in [0.5, 0.6) is 5.75 Å². The van der Waals surface area contributed by atoms with Crippen LogP contribution in [0.3, 0.4) is 0 Å². The highest BCUT2D eigenvalue weighted by atomic mass is 16.6. The lowest BCUT2D eigenvalue weighted by Gasteiger charge is -1.96. The SMILES string of the molecule is O=[N+]([O-])c1ccc(-c2cccc(O)c2)o1. The molecule has 0 bridgehead atoms. The number of furan rings is 1. The Balaban J connectivity index is 2.41. The van der Waals surface area contributed by atoms with E-state index < -0.39 is 4.92 Å². The molecule has 0 radical (unpaired) electrons.